The van der Waals surface area contributed by atoms with E-state index >= 15 is 0 Å². The zero-order chi connectivity index (χ0) is 19.3. The number of hydrogen-bond donors (Lipinski definition) is 1. The van der Waals surface area contributed by atoms with Crippen molar-refractivity contribution < 1.29 is 18.7 Å². The average Bonchev–Trinajstić information content (AvgIpc) is 3.26. The Balaban J connectivity index is 1.47. The summed E-state index contributed by atoms with van der Waals surface area (Å²) < 4.78 is 24.7. The standard InChI is InChI=1S/C22H18FNO3S/c23-16-9-7-15(8-10-16)12-18(21-6-3-11-28-21)22(25)24-13-17-14-26-19-4-1-2-5-20(19)27-17/h1-12,17H,13-14H2,(H,24,25)/b18-12+. The highest BCUT2D eigenvalue weighted by atomic mass is 32.1. The van der Waals surface area contributed by atoms with Crippen LogP contribution in [0.3, 0.4) is 0 Å². The van der Waals surface area contributed by atoms with E-state index in [1.807, 2.05) is 41.8 Å². The summed E-state index contributed by atoms with van der Waals surface area (Å²) in [6.07, 6.45) is 1.49. The number of benzene rings is 2. The first-order valence-corrected chi connectivity index (χ1v) is 9.75. The van der Waals surface area contributed by atoms with E-state index in [-0.39, 0.29) is 17.8 Å². The predicted molar refractivity (Wildman–Crippen MR) is 108 cm³/mol. The molecule has 6 heteroatoms. The number of thiophene rings is 1. The fourth-order valence-corrected chi connectivity index (χ4v) is 3.61. The molecule has 3 aromatic rings. The fourth-order valence-electron chi connectivity index (χ4n) is 2.87. The van der Waals surface area contributed by atoms with Crippen LogP contribution in [0.5, 0.6) is 11.5 Å². The van der Waals surface area contributed by atoms with E-state index < -0.39 is 0 Å². The van der Waals surface area contributed by atoms with Crippen LogP contribution in [0.25, 0.3) is 11.6 Å². The number of nitrogens with one attached hydrogen (secondary N) is 1. The van der Waals surface area contributed by atoms with Crippen LogP contribution in [0, 0.1) is 5.82 Å². The second-order valence-electron chi connectivity index (χ2n) is 6.29. The molecule has 1 amide bonds. The minimum Gasteiger partial charge on any atom is -0.486 e. The van der Waals surface area contributed by atoms with Gasteiger partial charge in [-0.2, -0.15) is 0 Å². The SMILES string of the molecule is O=C(NCC1COc2ccccc2O1)/C(=C/c1ccc(F)cc1)c1cccs1. The van der Waals surface area contributed by atoms with Gasteiger partial charge in [0.15, 0.2) is 11.5 Å². The molecular weight excluding hydrogens is 377 g/mol. The molecule has 2 aromatic carbocycles. The van der Waals surface area contributed by atoms with E-state index in [4.69, 9.17) is 9.47 Å². The van der Waals surface area contributed by atoms with E-state index in [1.54, 1.807) is 18.2 Å². The molecule has 0 saturated heterocycles. The van der Waals surface area contributed by atoms with Crippen LogP contribution in [-0.4, -0.2) is 25.2 Å². The van der Waals surface area contributed by atoms with E-state index in [0.29, 0.717) is 30.2 Å². The number of carbonyl (C=O) groups is 1. The first-order chi connectivity index (χ1) is 13.7. The van der Waals surface area contributed by atoms with Gasteiger partial charge < -0.3 is 14.8 Å². The molecule has 0 fully saturated rings. The number of halogens is 1. The minimum absolute atomic E-state index is 0.214. The molecule has 0 radical (unpaired) electrons. The molecule has 1 N–H and O–H groups in total. The number of rotatable bonds is 5. The quantitative estimate of drug-likeness (QED) is 0.652. The smallest absolute Gasteiger partial charge is 0.252 e. The molecular formula is C22H18FNO3S. The highest BCUT2D eigenvalue weighted by Crippen LogP contribution is 2.30. The molecule has 0 spiro atoms. The van der Waals surface area contributed by atoms with E-state index in [9.17, 15) is 9.18 Å². The molecule has 0 aliphatic carbocycles. The van der Waals surface area contributed by atoms with Crippen molar-refractivity contribution in [2.45, 2.75) is 6.10 Å². The van der Waals surface area contributed by atoms with E-state index in [1.165, 1.54) is 23.5 Å². The molecule has 0 bridgehead atoms. The van der Waals surface area contributed by atoms with Crippen LogP contribution in [0.2, 0.25) is 0 Å². The molecule has 4 rings (SSSR count). The van der Waals surface area contributed by atoms with Crippen molar-refractivity contribution in [3.8, 4) is 11.5 Å². The first-order valence-electron chi connectivity index (χ1n) is 8.87. The summed E-state index contributed by atoms with van der Waals surface area (Å²) in [6, 6.07) is 17.3. The lowest BCUT2D eigenvalue weighted by atomic mass is 10.1. The lowest BCUT2D eigenvalue weighted by Gasteiger charge is -2.26. The van der Waals surface area contributed by atoms with Crippen molar-refractivity contribution in [3.63, 3.8) is 0 Å². The zero-order valence-electron chi connectivity index (χ0n) is 14.9. The molecule has 28 heavy (non-hydrogen) atoms. The van der Waals surface area contributed by atoms with Crippen molar-refractivity contribution in [1.29, 1.82) is 0 Å². The molecule has 1 unspecified atom stereocenters. The van der Waals surface area contributed by atoms with Gasteiger partial charge in [-0.25, -0.2) is 4.39 Å². The maximum absolute atomic E-state index is 13.2. The predicted octanol–water partition coefficient (Wildman–Crippen LogP) is 4.38. The molecule has 0 saturated carbocycles. The van der Waals surface area contributed by atoms with E-state index in [2.05, 4.69) is 5.32 Å². The number of carbonyl (C=O) groups excluding carboxylic acids is 1. The summed E-state index contributed by atoms with van der Waals surface area (Å²) in [6.45, 7) is 0.687. The summed E-state index contributed by atoms with van der Waals surface area (Å²) in [7, 11) is 0. The summed E-state index contributed by atoms with van der Waals surface area (Å²) in [4.78, 5) is 13.7. The van der Waals surface area contributed by atoms with Crippen LogP contribution in [-0.2, 0) is 4.79 Å². The first kappa shape index (κ1) is 18.3. The van der Waals surface area contributed by atoms with Gasteiger partial charge in [0.05, 0.1) is 12.1 Å². The Labute approximate surface area is 166 Å². The lowest BCUT2D eigenvalue weighted by Crippen LogP contribution is -2.40. The molecule has 4 nitrogen and oxygen atoms in total. The number of ether oxygens (including phenoxy) is 2. The van der Waals surface area contributed by atoms with Crippen LogP contribution in [0.1, 0.15) is 10.4 Å². The lowest BCUT2D eigenvalue weighted by molar-refractivity contribution is -0.116. The van der Waals surface area contributed by atoms with Gasteiger partial charge in [0.2, 0.25) is 0 Å². The Kier molecular flexibility index (Phi) is 5.39. The van der Waals surface area contributed by atoms with Crippen LogP contribution < -0.4 is 14.8 Å². The van der Waals surface area contributed by atoms with Crippen molar-refractivity contribution in [1.82, 2.24) is 5.32 Å². The minimum atomic E-state index is -0.311. The average molecular weight is 395 g/mol. The Morgan fingerprint density at radius 2 is 1.89 bits per heavy atom. The highest BCUT2D eigenvalue weighted by molar-refractivity contribution is 7.11. The zero-order valence-corrected chi connectivity index (χ0v) is 15.7. The van der Waals surface area contributed by atoms with Crippen LogP contribution in [0.4, 0.5) is 4.39 Å². The van der Waals surface area contributed by atoms with Gasteiger partial charge in [0.25, 0.3) is 5.91 Å². The van der Waals surface area contributed by atoms with Gasteiger partial charge in [-0.3, -0.25) is 4.79 Å². The summed E-state index contributed by atoms with van der Waals surface area (Å²) in [5.74, 6) is 0.858. The van der Waals surface area contributed by atoms with Gasteiger partial charge in [-0.1, -0.05) is 30.3 Å². The molecule has 1 aliphatic rings. The summed E-state index contributed by atoms with van der Waals surface area (Å²) in [5, 5.41) is 4.84. The largest absolute Gasteiger partial charge is 0.486 e. The highest BCUT2D eigenvalue weighted by Gasteiger charge is 2.22. The van der Waals surface area contributed by atoms with Gasteiger partial charge in [-0.05, 0) is 47.4 Å². The Hall–Kier alpha value is -3.12. The second-order valence-corrected chi connectivity index (χ2v) is 7.24. The molecule has 2 heterocycles. The maximum atomic E-state index is 13.2. The monoisotopic (exact) mass is 395 g/mol. The number of para-hydroxylation sites is 2. The fraction of sp³-hybridized carbons (Fsp3) is 0.136. The maximum Gasteiger partial charge on any atom is 0.252 e. The Bertz CT molecular complexity index is 983. The van der Waals surface area contributed by atoms with Crippen molar-refractivity contribution in [3.05, 3.63) is 82.3 Å². The van der Waals surface area contributed by atoms with Gasteiger partial charge in [-0.15, -0.1) is 11.3 Å². The normalized spacial score (nSPS) is 15.9. The topological polar surface area (TPSA) is 47.6 Å². The third-order valence-corrected chi connectivity index (χ3v) is 5.17. The summed E-state index contributed by atoms with van der Waals surface area (Å²) >= 11 is 1.47. The van der Waals surface area contributed by atoms with Crippen molar-refractivity contribution >= 4 is 28.9 Å². The van der Waals surface area contributed by atoms with Crippen LogP contribution >= 0.6 is 11.3 Å². The Morgan fingerprint density at radius 3 is 2.64 bits per heavy atom. The summed E-state index contributed by atoms with van der Waals surface area (Å²) in [5.41, 5.74) is 1.28. The van der Waals surface area contributed by atoms with Crippen molar-refractivity contribution in [2.24, 2.45) is 0 Å². The third-order valence-electron chi connectivity index (χ3n) is 4.27. The third kappa shape index (κ3) is 4.23. The molecule has 1 aromatic heterocycles. The van der Waals surface area contributed by atoms with Gasteiger partial charge in [0, 0.05) is 4.88 Å². The van der Waals surface area contributed by atoms with Crippen LogP contribution in [0.15, 0.2) is 66.0 Å². The second kappa shape index (κ2) is 8.27. The molecule has 142 valence electrons. The number of fused-ring (bicyclic) bond motifs is 1. The Morgan fingerprint density at radius 1 is 1.11 bits per heavy atom. The van der Waals surface area contributed by atoms with Crippen molar-refractivity contribution in [2.75, 3.05) is 13.2 Å². The van der Waals surface area contributed by atoms with E-state index in [0.717, 1.165) is 10.4 Å². The number of amides is 1. The molecule has 1 atom stereocenters. The number of hydrogen-bond acceptors (Lipinski definition) is 4. The van der Waals surface area contributed by atoms with Gasteiger partial charge >= 0.3 is 0 Å². The molecule has 1 aliphatic heterocycles. The van der Waals surface area contributed by atoms with Gasteiger partial charge in [0.1, 0.15) is 18.5 Å².